The van der Waals surface area contributed by atoms with E-state index in [4.69, 9.17) is 14.5 Å². The SMILES string of the molecule is CCNC(=NCCc1ccc2c(c1)OCO2)N1CCC(C)C(n2ccnc2)C1. The highest BCUT2D eigenvalue weighted by molar-refractivity contribution is 5.80. The van der Waals surface area contributed by atoms with Gasteiger partial charge in [0.25, 0.3) is 0 Å². The van der Waals surface area contributed by atoms with Crippen LogP contribution in [0.1, 0.15) is 31.9 Å². The van der Waals surface area contributed by atoms with E-state index in [1.165, 1.54) is 5.56 Å². The van der Waals surface area contributed by atoms with E-state index in [2.05, 4.69) is 51.9 Å². The highest BCUT2D eigenvalue weighted by atomic mass is 16.7. The molecular formula is C21H29N5O2. The number of hydrogen-bond acceptors (Lipinski definition) is 4. The molecule has 1 aromatic heterocycles. The van der Waals surface area contributed by atoms with Crippen LogP contribution in [0.25, 0.3) is 0 Å². The van der Waals surface area contributed by atoms with Gasteiger partial charge in [0, 0.05) is 38.6 Å². The van der Waals surface area contributed by atoms with Crippen LogP contribution in [0.5, 0.6) is 11.5 Å². The molecule has 2 aliphatic heterocycles. The fourth-order valence-electron chi connectivity index (χ4n) is 3.91. The van der Waals surface area contributed by atoms with Crippen molar-refractivity contribution >= 4 is 5.96 Å². The fourth-order valence-corrected chi connectivity index (χ4v) is 3.91. The molecule has 2 atom stereocenters. The lowest BCUT2D eigenvalue weighted by atomic mass is 9.93. The Morgan fingerprint density at radius 2 is 2.21 bits per heavy atom. The average molecular weight is 383 g/mol. The smallest absolute Gasteiger partial charge is 0.231 e. The minimum atomic E-state index is 0.312. The largest absolute Gasteiger partial charge is 0.454 e. The van der Waals surface area contributed by atoms with Crippen LogP contribution < -0.4 is 14.8 Å². The summed E-state index contributed by atoms with van der Waals surface area (Å²) in [6.07, 6.45) is 7.87. The van der Waals surface area contributed by atoms with E-state index in [0.717, 1.165) is 56.5 Å². The zero-order valence-electron chi connectivity index (χ0n) is 16.7. The molecule has 0 aliphatic carbocycles. The molecule has 4 rings (SSSR count). The van der Waals surface area contributed by atoms with Gasteiger partial charge in [0.2, 0.25) is 6.79 Å². The van der Waals surface area contributed by atoms with Crippen LogP contribution in [0.2, 0.25) is 0 Å². The van der Waals surface area contributed by atoms with Crippen LogP contribution >= 0.6 is 0 Å². The molecule has 1 N–H and O–H groups in total. The maximum Gasteiger partial charge on any atom is 0.231 e. The molecule has 150 valence electrons. The van der Waals surface area contributed by atoms with Crippen LogP contribution in [0.3, 0.4) is 0 Å². The number of fused-ring (bicyclic) bond motifs is 1. The summed E-state index contributed by atoms with van der Waals surface area (Å²) in [7, 11) is 0. The number of guanidine groups is 1. The average Bonchev–Trinajstić information content (AvgIpc) is 3.39. The highest BCUT2D eigenvalue weighted by Crippen LogP contribution is 2.32. The summed E-state index contributed by atoms with van der Waals surface area (Å²) in [5.41, 5.74) is 1.22. The van der Waals surface area contributed by atoms with Gasteiger partial charge >= 0.3 is 0 Å². The van der Waals surface area contributed by atoms with Crippen molar-refractivity contribution in [1.29, 1.82) is 0 Å². The number of likely N-dealkylation sites (tertiary alicyclic amines) is 1. The van der Waals surface area contributed by atoms with Crippen molar-refractivity contribution in [1.82, 2.24) is 19.8 Å². The summed E-state index contributed by atoms with van der Waals surface area (Å²) in [6.45, 7) is 8.34. The van der Waals surface area contributed by atoms with Gasteiger partial charge in [-0.1, -0.05) is 13.0 Å². The summed E-state index contributed by atoms with van der Waals surface area (Å²) in [5.74, 6) is 3.29. The van der Waals surface area contributed by atoms with Crippen LogP contribution in [-0.4, -0.2) is 53.4 Å². The molecule has 2 aromatic rings. The zero-order chi connectivity index (χ0) is 19.3. The molecule has 7 nitrogen and oxygen atoms in total. The van der Waals surface area contributed by atoms with Crippen molar-refractivity contribution in [3.63, 3.8) is 0 Å². The Bertz CT molecular complexity index is 805. The molecule has 0 bridgehead atoms. The second-order valence-electron chi connectivity index (χ2n) is 7.46. The molecule has 0 amide bonds. The molecule has 28 heavy (non-hydrogen) atoms. The third-order valence-corrected chi connectivity index (χ3v) is 5.56. The number of ether oxygens (including phenoxy) is 2. The normalized spacial score (nSPS) is 21.8. The number of piperidine rings is 1. The maximum absolute atomic E-state index is 5.47. The summed E-state index contributed by atoms with van der Waals surface area (Å²) < 4.78 is 13.1. The summed E-state index contributed by atoms with van der Waals surface area (Å²) in [4.78, 5) is 11.5. The van der Waals surface area contributed by atoms with Gasteiger partial charge in [0.05, 0.1) is 12.4 Å². The van der Waals surface area contributed by atoms with E-state index in [9.17, 15) is 0 Å². The first-order chi connectivity index (χ1) is 13.7. The van der Waals surface area contributed by atoms with E-state index in [1.807, 2.05) is 18.6 Å². The highest BCUT2D eigenvalue weighted by Gasteiger charge is 2.28. The fraction of sp³-hybridized carbons (Fsp3) is 0.524. The lowest BCUT2D eigenvalue weighted by Crippen LogP contribution is -2.49. The lowest BCUT2D eigenvalue weighted by Gasteiger charge is -2.39. The molecule has 0 saturated carbocycles. The number of aliphatic imine (C=N–C) groups is 1. The minimum Gasteiger partial charge on any atom is -0.454 e. The van der Waals surface area contributed by atoms with Crippen LogP contribution in [0.15, 0.2) is 41.9 Å². The molecule has 3 heterocycles. The maximum atomic E-state index is 5.47. The van der Waals surface area contributed by atoms with Crippen LogP contribution in [0, 0.1) is 5.92 Å². The van der Waals surface area contributed by atoms with Crippen LogP contribution in [0.4, 0.5) is 0 Å². The molecule has 0 spiro atoms. The predicted molar refractivity (Wildman–Crippen MR) is 109 cm³/mol. The third kappa shape index (κ3) is 4.08. The van der Waals surface area contributed by atoms with Crippen molar-refractivity contribution in [2.24, 2.45) is 10.9 Å². The number of aromatic nitrogens is 2. The van der Waals surface area contributed by atoms with E-state index < -0.39 is 0 Å². The quantitative estimate of drug-likeness (QED) is 0.635. The number of rotatable bonds is 5. The Balaban J connectivity index is 1.41. The summed E-state index contributed by atoms with van der Waals surface area (Å²) in [5, 5.41) is 3.47. The van der Waals surface area contributed by atoms with Crippen LogP contribution in [-0.2, 0) is 6.42 Å². The van der Waals surface area contributed by atoms with Gasteiger partial charge in [-0.25, -0.2) is 4.98 Å². The third-order valence-electron chi connectivity index (χ3n) is 5.56. The first-order valence-corrected chi connectivity index (χ1v) is 10.1. The second kappa shape index (κ2) is 8.54. The Morgan fingerprint density at radius 3 is 3.04 bits per heavy atom. The number of nitrogens with zero attached hydrogens (tertiary/aromatic N) is 4. The van der Waals surface area contributed by atoms with Crippen molar-refractivity contribution in [3.8, 4) is 11.5 Å². The molecule has 2 unspecified atom stereocenters. The van der Waals surface area contributed by atoms with Crippen molar-refractivity contribution in [2.45, 2.75) is 32.7 Å². The second-order valence-corrected chi connectivity index (χ2v) is 7.46. The molecular weight excluding hydrogens is 354 g/mol. The Kier molecular flexibility index (Phi) is 5.69. The van der Waals surface area contributed by atoms with E-state index >= 15 is 0 Å². The van der Waals surface area contributed by atoms with E-state index in [-0.39, 0.29) is 0 Å². The minimum absolute atomic E-state index is 0.312. The Hall–Kier alpha value is -2.70. The topological polar surface area (TPSA) is 63.9 Å². The van der Waals surface area contributed by atoms with Gasteiger partial charge in [0.15, 0.2) is 17.5 Å². The molecule has 1 fully saturated rings. The molecule has 7 heteroatoms. The standard InChI is InChI=1S/C21H29N5O2/c1-3-23-21(24-8-6-17-4-5-19-20(12-17)28-15-27-19)25-10-7-16(2)18(13-25)26-11-9-22-14-26/h4-5,9,11-12,14,16,18H,3,6-8,10,13,15H2,1-2H3,(H,23,24). The number of hydrogen-bond donors (Lipinski definition) is 1. The van der Waals surface area contributed by atoms with E-state index in [1.54, 1.807) is 0 Å². The van der Waals surface area contributed by atoms with Gasteiger partial charge in [-0.15, -0.1) is 0 Å². The zero-order valence-corrected chi connectivity index (χ0v) is 16.7. The lowest BCUT2D eigenvalue weighted by molar-refractivity contribution is 0.174. The van der Waals surface area contributed by atoms with Crippen molar-refractivity contribution in [2.75, 3.05) is 33.0 Å². The number of benzene rings is 1. The summed E-state index contributed by atoms with van der Waals surface area (Å²) in [6, 6.07) is 6.55. The van der Waals surface area contributed by atoms with Crippen molar-refractivity contribution < 1.29 is 9.47 Å². The van der Waals surface area contributed by atoms with Gasteiger partial charge in [-0.3, -0.25) is 4.99 Å². The number of nitrogens with one attached hydrogen (secondary N) is 1. The Labute approximate surface area is 166 Å². The monoisotopic (exact) mass is 383 g/mol. The molecule has 1 aromatic carbocycles. The van der Waals surface area contributed by atoms with Gasteiger partial charge in [0.1, 0.15) is 0 Å². The molecule has 1 saturated heterocycles. The van der Waals surface area contributed by atoms with Crippen molar-refractivity contribution in [3.05, 3.63) is 42.5 Å². The molecule has 2 aliphatic rings. The van der Waals surface area contributed by atoms with E-state index in [0.29, 0.717) is 18.8 Å². The predicted octanol–water partition coefficient (Wildman–Crippen LogP) is 2.70. The van der Waals surface area contributed by atoms with Gasteiger partial charge in [-0.05, 0) is 43.4 Å². The van der Waals surface area contributed by atoms with Gasteiger partial charge < -0.3 is 24.3 Å². The Morgan fingerprint density at radius 1 is 1.32 bits per heavy atom. The first kappa shape index (κ1) is 18.7. The summed E-state index contributed by atoms with van der Waals surface area (Å²) >= 11 is 0. The molecule has 0 radical (unpaired) electrons. The van der Waals surface area contributed by atoms with Gasteiger partial charge in [-0.2, -0.15) is 0 Å². The number of imidazole rings is 1. The first-order valence-electron chi connectivity index (χ1n) is 10.1.